The highest BCUT2D eigenvalue weighted by Crippen LogP contribution is 2.29. The van der Waals surface area contributed by atoms with Crippen LogP contribution in [0.25, 0.3) is 0 Å². The van der Waals surface area contributed by atoms with Gasteiger partial charge in [0.1, 0.15) is 0 Å². The van der Waals surface area contributed by atoms with Crippen LogP contribution < -0.4 is 9.62 Å². The summed E-state index contributed by atoms with van der Waals surface area (Å²) in [5.74, 6) is -1.17. The van der Waals surface area contributed by atoms with Crippen LogP contribution in [0.3, 0.4) is 0 Å². The van der Waals surface area contributed by atoms with Gasteiger partial charge >= 0.3 is 5.97 Å². The van der Waals surface area contributed by atoms with Gasteiger partial charge in [-0.15, -0.1) is 0 Å². The molecule has 0 bridgehead atoms. The molecular weight excluding hydrogens is 436 g/mol. The monoisotopic (exact) mass is 452 g/mol. The Hall–Kier alpha value is -2.39. The molecule has 0 radical (unpaired) electrons. The molecule has 1 fully saturated rings. The highest BCUT2D eigenvalue weighted by molar-refractivity contribution is 9.10. The number of carbonyl (C=O) groups is 2. The number of benzene rings is 2. The minimum absolute atomic E-state index is 0.0579. The highest BCUT2D eigenvalue weighted by Gasteiger charge is 2.24. The van der Waals surface area contributed by atoms with Crippen LogP contribution in [0.2, 0.25) is 0 Å². The number of hydrogen-bond donors (Lipinski definition) is 2. The lowest BCUT2D eigenvalue weighted by molar-refractivity contribution is -0.117. The summed E-state index contributed by atoms with van der Waals surface area (Å²) in [6.07, 6.45) is 1.32. The molecule has 142 valence electrons. The van der Waals surface area contributed by atoms with Crippen molar-refractivity contribution >= 4 is 49.2 Å². The maximum absolute atomic E-state index is 12.6. The number of aromatic carboxylic acids is 1. The fourth-order valence-corrected chi connectivity index (χ4v) is 4.47. The maximum Gasteiger partial charge on any atom is 0.336 e. The molecule has 3 rings (SSSR count). The number of nitrogens with zero attached hydrogens (tertiary/aromatic N) is 1. The number of aryl methyl sites for hydroxylation is 1. The summed E-state index contributed by atoms with van der Waals surface area (Å²) in [5, 5.41) is 9.16. The zero-order valence-electron chi connectivity index (χ0n) is 14.4. The first-order valence-corrected chi connectivity index (χ1v) is 10.4. The molecule has 7 nitrogen and oxygen atoms in total. The molecule has 0 aliphatic carbocycles. The second-order valence-corrected chi connectivity index (χ2v) is 8.74. The molecule has 1 aliphatic rings. The second kappa shape index (κ2) is 7.32. The summed E-state index contributed by atoms with van der Waals surface area (Å²) in [7, 11) is -3.96. The number of carboxylic acids is 1. The van der Waals surface area contributed by atoms with Crippen molar-refractivity contribution in [3.63, 3.8) is 0 Å². The van der Waals surface area contributed by atoms with E-state index in [2.05, 4.69) is 20.7 Å². The van der Waals surface area contributed by atoms with Crippen molar-refractivity contribution in [3.8, 4) is 0 Å². The van der Waals surface area contributed by atoms with E-state index in [9.17, 15) is 18.0 Å². The van der Waals surface area contributed by atoms with Gasteiger partial charge in [-0.3, -0.25) is 9.52 Å². The Kier molecular flexibility index (Phi) is 5.25. The number of amides is 1. The molecule has 0 aromatic heterocycles. The van der Waals surface area contributed by atoms with E-state index in [1.165, 1.54) is 12.1 Å². The van der Waals surface area contributed by atoms with Crippen molar-refractivity contribution in [1.82, 2.24) is 0 Å². The van der Waals surface area contributed by atoms with E-state index in [1.54, 1.807) is 30.0 Å². The van der Waals surface area contributed by atoms with Crippen molar-refractivity contribution in [3.05, 3.63) is 52.0 Å². The number of nitrogens with one attached hydrogen (secondary N) is 1. The number of carbonyl (C=O) groups excluding carboxylic acids is 1. The summed E-state index contributed by atoms with van der Waals surface area (Å²) in [4.78, 5) is 24.7. The largest absolute Gasteiger partial charge is 0.478 e. The fraction of sp³-hybridized carbons (Fsp3) is 0.222. The summed E-state index contributed by atoms with van der Waals surface area (Å²) in [5.41, 5.74) is 1.73. The summed E-state index contributed by atoms with van der Waals surface area (Å²) in [6, 6.07) is 8.74. The molecule has 0 unspecified atom stereocenters. The third kappa shape index (κ3) is 3.98. The molecule has 1 aliphatic heterocycles. The fourth-order valence-electron chi connectivity index (χ4n) is 2.97. The zero-order valence-corrected chi connectivity index (χ0v) is 16.8. The van der Waals surface area contributed by atoms with Crippen LogP contribution in [-0.4, -0.2) is 31.9 Å². The minimum Gasteiger partial charge on any atom is -0.478 e. The molecule has 2 aromatic carbocycles. The molecule has 0 spiro atoms. The first kappa shape index (κ1) is 19.4. The van der Waals surface area contributed by atoms with Crippen LogP contribution in [0, 0.1) is 6.92 Å². The van der Waals surface area contributed by atoms with Crippen molar-refractivity contribution in [2.45, 2.75) is 24.7 Å². The first-order chi connectivity index (χ1) is 12.7. The number of rotatable bonds is 5. The minimum atomic E-state index is -3.96. The van der Waals surface area contributed by atoms with Gasteiger partial charge in [0, 0.05) is 28.8 Å². The quantitative estimate of drug-likeness (QED) is 0.723. The van der Waals surface area contributed by atoms with Crippen molar-refractivity contribution < 1.29 is 23.1 Å². The van der Waals surface area contributed by atoms with Gasteiger partial charge in [0.2, 0.25) is 5.91 Å². The van der Waals surface area contributed by atoms with Crippen LogP contribution in [0.15, 0.2) is 45.8 Å². The standard InChI is InChI=1S/C18H17BrN2O5S/c1-11-9-12(4-7-16(11)21-8-2-3-17(21)22)20-27(25,26)13-5-6-15(19)14(10-13)18(23)24/h4-7,9-10,20H,2-3,8H2,1H3,(H,23,24). The second-order valence-electron chi connectivity index (χ2n) is 6.20. The normalized spacial score (nSPS) is 14.4. The molecule has 1 heterocycles. The van der Waals surface area contributed by atoms with Gasteiger partial charge in [-0.1, -0.05) is 0 Å². The van der Waals surface area contributed by atoms with E-state index in [4.69, 9.17) is 5.11 Å². The topological polar surface area (TPSA) is 104 Å². The van der Waals surface area contributed by atoms with E-state index in [1.807, 2.05) is 0 Å². The highest BCUT2D eigenvalue weighted by atomic mass is 79.9. The van der Waals surface area contributed by atoms with Crippen molar-refractivity contribution in [1.29, 1.82) is 0 Å². The molecule has 9 heteroatoms. The van der Waals surface area contributed by atoms with Gasteiger partial charge in [0.05, 0.1) is 10.5 Å². The summed E-state index contributed by atoms with van der Waals surface area (Å²) in [6.45, 7) is 2.46. The predicted octanol–water partition coefficient (Wildman–Crippen LogP) is 3.38. The third-order valence-electron chi connectivity index (χ3n) is 4.29. The Morgan fingerprint density at radius 1 is 1.22 bits per heavy atom. The van der Waals surface area contributed by atoms with E-state index in [0.717, 1.165) is 23.7 Å². The van der Waals surface area contributed by atoms with Crippen LogP contribution in [0.1, 0.15) is 28.8 Å². The zero-order chi connectivity index (χ0) is 19.8. The average Bonchev–Trinajstić information content (AvgIpc) is 3.00. The van der Waals surface area contributed by atoms with Gasteiger partial charge in [0.25, 0.3) is 10.0 Å². The van der Waals surface area contributed by atoms with E-state index in [0.29, 0.717) is 23.1 Å². The Labute approximate surface area is 165 Å². The van der Waals surface area contributed by atoms with Crippen LogP contribution >= 0.6 is 15.9 Å². The summed E-state index contributed by atoms with van der Waals surface area (Å²) >= 11 is 3.09. The Bertz CT molecular complexity index is 1040. The van der Waals surface area contributed by atoms with Gasteiger partial charge in [-0.2, -0.15) is 0 Å². The van der Waals surface area contributed by atoms with Crippen molar-refractivity contribution in [2.75, 3.05) is 16.2 Å². The Morgan fingerprint density at radius 2 is 1.96 bits per heavy atom. The number of carboxylic acid groups (broad SMARTS) is 1. The lowest BCUT2D eigenvalue weighted by Gasteiger charge is -2.19. The number of hydrogen-bond acceptors (Lipinski definition) is 4. The number of sulfonamides is 1. The number of halogens is 1. The molecule has 2 N–H and O–H groups in total. The van der Waals surface area contributed by atoms with Gasteiger partial charge in [-0.05, 0) is 71.2 Å². The summed E-state index contributed by atoms with van der Waals surface area (Å²) < 4.78 is 28.0. The van der Waals surface area contributed by atoms with Crippen LogP contribution in [0.5, 0.6) is 0 Å². The third-order valence-corrected chi connectivity index (χ3v) is 6.36. The van der Waals surface area contributed by atoms with E-state index in [-0.39, 0.29) is 16.4 Å². The molecule has 0 saturated carbocycles. The molecule has 1 amide bonds. The predicted molar refractivity (Wildman–Crippen MR) is 105 cm³/mol. The van der Waals surface area contributed by atoms with Gasteiger partial charge < -0.3 is 10.0 Å². The van der Waals surface area contributed by atoms with Gasteiger partial charge in [-0.25, -0.2) is 13.2 Å². The maximum atomic E-state index is 12.6. The van der Waals surface area contributed by atoms with E-state index >= 15 is 0 Å². The van der Waals surface area contributed by atoms with Gasteiger partial charge in [0.15, 0.2) is 0 Å². The smallest absolute Gasteiger partial charge is 0.336 e. The molecule has 2 aromatic rings. The lowest BCUT2D eigenvalue weighted by atomic mass is 10.1. The SMILES string of the molecule is Cc1cc(NS(=O)(=O)c2ccc(Br)c(C(=O)O)c2)ccc1N1CCCC1=O. The lowest BCUT2D eigenvalue weighted by Crippen LogP contribution is -2.24. The molecule has 27 heavy (non-hydrogen) atoms. The molecule has 0 atom stereocenters. The first-order valence-electron chi connectivity index (χ1n) is 8.16. The van der Waals surface area contributed by atoms with Crippen LogP contribution in [0.4, 0.5) is 11.4 Å². The van der Waals surface area contributed by atoms with Crippen LogP contribution in [-0.2, 0) is 14.8 Å². The van der Waals surface area contributed by atoms with E-state index < -0.39 is 16.0 Å². The molecule has 1 saturated heterocycles. The van der Waals surface area contributed by atoms with Crippen molar-refractivity contribution in [2.24, 2.45) is 0 Å². The Balaban J connectivity index is 1.88. The molecular formula is C18H17BrN2O5S. The average molecular weight is 453 g/mol. The Morgan fingerprint density at radius 3 is 2.56 bits per heavy atom. The number of anilines is 2.